The Morgan fingerprint density at radius 3 is 2.33 bits per heavy atom. The topological polar surface area (TPSA) is 63.6 Å². The molecule has 0 unspecified atom stereocenters. The molecule has 1 N–H and O–H groups in total. The average Bonchev–Trinajstić information content (AvgIpc) is 2.19. The minimum Gasteiger partial charge on any atom is -0.478 e. The summed E-state index contributed by atoms with van der Waals surface area (Å²) in [5.74, 6) is -0.990. The van der Waals surface area contributed by atoms with Crippen molar-refractivity contribution in [1.82, 2.24) is 0 Å². The fraction of sp³-hybridized carbons (Fsp3) is 0.636. The van der Waals surface area contributed by atoms with E-state index in [0.717, 1.165) is 37.8 Å². The number of ether oxygens (including phenoxy) is 1. The first kappa shape index (κ1) is 11.8. The number of hydrogen-bond acceptors (Lipinski definition) is 3. The van der Waals surface area contributed by atoms with Gasteiger partial charge >= 0.3 is 11.9 Å². The largest absolute Gasteiger partial charge is 0.478 e. The van der Waals surface area contributed by atoms with Gasteiger partial charge in [-0.05, 0) is 31.6 Å². The van der Waals surface area contributed by atoms with Gasteiger partial charge in [0.15, 0.2) is 0 Å². The van der Waals surface area contributed by atoms with Crippen molar-refractivity contribution in [2.75, 3.05) is 0 Å². The quantitative estimate of drug-likeness (QED) is 0.571. The van der Waals surface area contributed by atoms with E-state index in [0.29, 0.717) is 5.92 Å². The van der Waals surface area contributed by atoms with E-state index in [-0.39, 0.29) is 6.10 Å². The minimum absolute atomic E-state index is 0.0351. The predicted molar refractivity (Wildman–Crippen MR) is 54.3 cm³/mol. The zero-order valence-electron chi connectivity index (χ0n) is 8.81. The van der Waals surface area contributed by atoms with Gasteiger partial charge in [-0.2, -0.15) is 0 Å². The molecule has 0 amide bonds. The minimum atomic E-state index is -1.13. The van der Waals surface area contributed by atoms with E-state index in [1.54, 1.807) is 0 Å². The van der Waals surface area contributed by atoms with Crippen LogP contribution < -0.4 is 0 Å². The third kappa shape index (κ3) is 4.63. The van der Waals surface area contributed by atoms with Crippen LogP contribution in [0.2, 0.25) is 0 Å². The maximum absolute atomic E-state index is 11.1. The number of aliphatic carboxylic acids is 1. The van der Waals surface area contributed by atoms with E-state index in [1.165, 1.54) is 0 Å². The van der Waals surface area contributed by atoms with Crippen molar-refractivity contribution < 1.29 is 19.4 Å². The van der Waals surface area contributed by atoms with E-state index in [1.807, 2.05) is 0 Å². The second kappa shape index (κ2) is 5.53. The molecule has 4 heteroatoms. The number of carboxylic acid groups (broad SMARTS) is 1. The van der Waals surface area contributed by atoms with Crippen LogP contribution in [0.5, 0.6) is 0 Å². The van der Waals surface area contributed by atoms with Crippen LogP contribution in [0.4, 0.5) is 0 Å². The van der Waals surface area contributed by atoms with Gasteiger partial charge in [-0.25, -0.2) is 9.59 Å². The van der Waals surface area contributed by atoms with E-state index >= 15 is 0 Å². The Balaban J connectivity index is 2.29. The second-order valence-corrected chi connectivity index (χ2v) is 3.99. The zero-order chi connectivity index (χ0) is 11.3. The number of carbonyl (C=O) groups is 2. The molecule has 0 heterocycles. The maximum atomic E-state index is 11.1. The third-order valence-corrected chi connectivity index (χ3v) is 2.61. The lowest BCUT2D eigenvalue weighted by molar-refractivity contribution is -0.145. The van der Waals surface area contributed by atoms with Crippen LogP contribution in [0.15, 0.2) is 12.2 Å². The summed E-state index contributed by atoms with van der Waals surface area (Å²) in [7, 11) is 0. The number of carbonyl (C=O) groups excluding carboxylic acids is 1. The number of carboxylic acids is 1. The molecule has 0 atom stereocenters. The molecule has 84 valence electrons. The summed E-state index contributed by atoms with van der Waals surface area (Å²) in [6, 6.07) is 0. The highest BCUT2D eigenvalue weighted by atomic mass is 16.5. The van der Waals surface area contributed by atoms with Crippen molar-refractivity contribution in [3.05, 3.63) is 12.2 Å². The van der Waals surface area contributed by atoms with Crippen molar-refractivity contribution >= 4 is 11.9 Å². The third-order valence-electron chi connectivity index (χ3n) is 2.61. The van der Waals surface area contributed by atoms with E-state index in [4.69, 9.17) is 9.84 Å². The van der Waals surface area contributed by atoms with Crippen molar-refractivity contribution in [2.24, 2.45) is 5.92 Å². The molecule has 1 saturated carbocycles. The highest BCUT2D eigenvalue weighted by Crippen LogP contribution is 2.25. The number of esters is 1. The highest BCUT2D eigenvalue weighted by molar-refractivity contribution is 5.90. The summed E-state index contributed by atoms with van der Waals surface area (Å²) in [5, 5.41) is 8.31. The van der Waals surface area contributed by atoms with Gasteiger partial charge in [0.2, 0.25) is 0 Å². The Labute approximate surface area is 88.9 Å². The van der Waals surface area contributed by atoms with E-state index in [9.17, 15) is 9.59 Å². The molecular weight excluding hydrogens is 196 g/mol. The summed E-state index contributed by atoms with van der Waals surface area (Å²) in [6.45, 7) is 2.18. The molecule has 0 spiro atoms. The Hall–Kier alpha value is -1.32. The lowest BCUT2D eigenvalue weighted by atomic mass is 9.89. The van der Waals surface area contributed by atoms with Crippen LogP contribution in [0.3, 0.4) is 0 Å². The lowest BCUT2D eigenvalue weighted by Crippen LogP contribution is -2.22. The molecule has 0 saturated heterocycles. The molecule has 15 heavy (non-hydrogen) atoms. The SMILES string of the molecule is CC1CCC(OC(=O)C=CC(=O)O)CC1. The summed E-state index contributed by atoms with van der Waals surface area (Å²) in [6.07, 6.45) is 5.63. The summed E-state index contributed by atoms with van der Waals surface area (Å²) >= 11 is 0. The van der Waals surface area contributed by atoms with Gasteiger partial charge in [-0.3, -0.25) is 0 Å². The van der Waals surface area contributed by atoms with Gasteiger partial charge < -0.3 is 9.84 Å². The molecule has 0 radical (unpaired) electrons. The van der Waals surface area contributed by atoms with Gasteiger partial charge in [0.25, 0.3) is 0 Å². The molecule has 0 aromatic carbocycles. The van der Waals surface area contributed by atoms with Crippen LogP contribution in [-0.4, -0.2) is 23.1 Å². The summed E-state index contributed by atoms with van der Waals surface area (Å²) in [4.78, 5) is 21.3. The number of hydrogen-bond donors (Lipinski definition) is 1. The van der Waals surface area contributed by atoms with Gasteiger partial charge in [0, 0.05) is 12.2 Å². The molecule has 4 nitrogen and oxygen atoms in total. The van der Waals surface area contributed by atoms with Crippen LogP contribution in [0.1, 0.15) is 32.6 Å². The second-order valence-electron chi connectivity index (χ2n) is 3.99. The maximum Gasteiger partial charge on any atom is 0.331 e. The Morgan fingerprint density at radius 2 is 1.80 bits per heavy atom. The smallest absolute Gasteiger partial charge is 0.331 e. The van der Waals surface area contributed by atoms with Crippen LogP contribution in [0.25, 0.3) is 0 Å². The van der Waals surface area contributed by atoms with Gasteiger partial charge in [0.05, 0.1) is 0 Å². The van der Waals surface area contributed by atoms with E-state index < -0.39 is 11.9 Å². The predicted octanol–water partition coefficient (Wildman–Crippen LogP) is 1.75. The van der Waals surface area contributed by atoms with Crippen molar-refractivity contribution in [3.8, 4) is 0 Å². The van der Waals surface area contributed by atoms with Crippen LogP contribution in [0, 0.1) is 5.92 Å². The van der Waals surface area contributed by atoms with Crippen molar-refractivity contribution in [1.29, 1.82) is 0 Å². The summed E-state index contributed by atoms with van der Waals surface area (Å²) < 4.78 is 5.10. The first-order valence-corrected chi connectivity index (χ1v) is 5.19. The van der Waals surface area contributed by atoms with Gasteiger partial charge in [-0.1, -0.05) is 6.92 Å². The molecule has 0 aromatic rings. The standard InChI is InChI=1S/C11H16O4/c1-8-2-4-9(5-3-8)15-11(14)7-6-10(12)13/h6-9H,2-5H2,1H3,(H,12,13). The Morgan fingerprint density at radius 1 is 1.20 bits per heavy atom. The molecule has 1 aliphatic rings. The van der Waals surface area contributed by atoms with E-state index in [2.05, 4.69) is 6.92 Å². The fourth-order valence-corrected chi connectivity index (χ4v) is 1.69. The highest BCUT2D eigenvalue weighted by Gasteiger charge is 2.20. The normalized spacial score (nSPS) is 26.5. The summed E-state index contributed by atoms with van der Waals surface area (Å²) in [5.41, 5.74) is 0. The first-order valence-electron chi connectivity index (χ1n) is 5.19. The van der Waals surface area contributed by atoms with Crippen LogP contribution >= 0.6 is 0 Å². The Kier molecular flexibility index (Phi) is 4.34. The number of rotatable bonds is 3. The van der Waals surface area contributed by atoms with Crippen molar-refractivity contribution in [3.63, 3.8) is 0 Å². The fourth-order valence-electron chi connectivity index (χ4n) is 1.69. The zero-order valence-corrected chi connectivity index (χ0v) is 8.81. The molecule has 1 rings (SSSR count). The van der Waals surface area contributed by atoms with Gasteiger partial charge in [-0.15, -0.1) is 0 Å². The molecule has 0 aliphatic heterocycles. The monoisotopic (exact) mass is 212 g/mol. The van der Waals surface area contributed by atoms with Crippen molar-refractivity contribution in [2.45, 2.75) is 38.7 Å². The first-order chi connectivity index (χ1) is 7.08. The molecule has 0 aromatic heterocycles. The molecule has 1 fully saturated rings. The molecule has 0 bridgehead atoms. The molecular formula is C11H16O4. The van der Waals surface area contributed by atoms with Crippen LogP contribution in [-0.2, 0) is 14.3 Å². The van der Waals surface area contributed by atoms with Gasteiger partial charge in [0.1, 0.15) is 6.10 Å². The average molecular weight is 212 g/mol. The Bertz CT molecular complexity index is 262. The lowest BCUT2D eigenvalue weighted by Gasteiger charge is -2.25. The molecule has 1 aliphatic carbocycles.